The number of halogens is 1. The molecule has 8 heteroatoms. The number of nitrogens with one attached hydrogen (secondary N) is 1. The molecule has 7 nitrogen and oxygen atoms in total. The zero-order valence-electron chi connectivity index (χ0n) is 12.9. The molecular formula is C15H18ClN3O4. The van der Waals surface area contributed by atoms with Crippen molar-refractivity contribution >= 4 is 34.8 Å². The molecule has 1 saturated heterocycles. The highest BCUT2D eigenvalue weighted by molar-refractivity contribution is 6.41. The molecule has 0 radical (unpaired) electrons. The first-order valence-corrected chi connectivity index (χ1v) is 7.76. The van der Waals surface area contributed by atoms with E-state index < -0.39 is 16.7 Å². The SMILES string of the molecule is CC1CCCC(C)N1C(=O)C(=O)Nc1cc([N+](=O)[O-])ccc1Cl. The van der Waals surface area contributed by atoms with E-state index in [0.29, 0.717) is 0 Å². The van der Waals surface area contributed by atoms with Crippen LogP contribution in [0.4, 0.5) is 11.4 Å². The van der Waals surface area contributed by atoms with Gasteiger partial charge >= 0.3 is 11.8 Å². The summed E-state index contributed by atoms with van der Waals surface area (Å²) in [6, 6.07) is 3.65. The number of nitro groups is 1. The molecule has 0 bridgehead atoms. The zero-order valence-corrected chi connectivity index (χ0v) is 13.7. The van der Waals surface area contributed by atoms with Crippen LogP contribution in [-0.2, 0) is 9.59 Å². The van der Waals surface area contributed by atoms with E-state index in [0.717, 1.165) is 25.3 Å². The molecule has 1 aromatic rings. The lowest BCUT2D eigenvalue weighted by atomic mass is 9.97. The molecule has 1 aliphatic heterocycles. The number of rotatable bonds is 2. The van der Waals surface area contributed by atoms with Gasteiger partial charge in [0.2, 0.25) is 0 Å². The largest absolute Gasteiger partial charge is 0.329 e. The summed E-state index contributed by atoms with van der Waals surface area (Å²) in [7, 11) is 0. The summed E-state index contributed by atoms with van der Waals surface area (Å²) in [5, 5.41) is 13.3. The molecule has 2 amide bonds. The van der Waals surface area contributed by atoms with Crippen molar-refractivity contribution in [1.29, 1.82) is 0 Å². The number of benzene rings is 1. The van der Waals surface area contributed by atoms with Crippen LogP contribution in [0.25, 0.3) is 0 Å². The average molecular weight is 340 g/mol. The van der Waals surface area contributed by atoms with E-state index in [1.54, 1.807) is 4.90 Å². The Bertz CT molecular complexity index is 640. The Hall–Kier alpha value is -2.15. The molecular weight excluding hydrogens is 322 g/mol. The van der Waals surface area contributed by atoms with Crippen molar-refractivity contribution in [3.8, 4) is 0 Å². The summed E-state index contributed by atoms with van der Waals surface area (Å²) in [5.74, 6) is -1.49. The third-order valence-electron chi connectivity index (χ3n) is 4.03. The van der Waals surface area contributed by atoms with Gasteiger partial charge in [0.05, 0.1) is 15.6 Å². The maximum absolute atomic E-state index is 12.4. The quantitative estimate of drug-likeness (QED) is 0.509. The summed E-state index contributed by atoms with van der Waals surface area (Å²) < 4.78 is 0. The van der Waals surface area contributed by atoms with Crippen molar-refractivity contribution in [2.45, 2.75) is 45.2 Å². The van der Waals surface area contributed by atoms with Crippen molar-refractivity contribution < 1.29 is 14.5 Å². The topological polar surface area (TPSA) is 92.6 Å². The minimum Gasteiger partial charge on any atom is -0.329 e. The second-order valence-electron chi connectivity index (χ2n) is 5.72. The van der Waals surface area contributed by atoms with Gasteiger partial charge in [-0.1, -0.05) is 11.6 Å². The van der Waals surface area contributed by atoms with Gasteiger partial charge in [0.1, 0.15) is 0 Å². The Balaban J connectivity index is 2.16. The number of amides is 2. The van der Waals surface area contributed by atoms with Crippen molar-refractivity contribution in [3.63, 3.8) is 0 Å². The number of carbonyl (C=O) groups is 2. The fourth-order valence-corrected chi connectivity index (χ4v) is 3.00. The second-order valence-corrected chi connectivity index (χ2v) is 6.12. The van der Waals surface area contributed by atoms with E-state index >= 15 is 0 Å². The number of non-ortho nitro benzene ring substituents is 1. The number of likely N-dealkylation sites (tertiary alicyclic amines) is 1. The summed E-state index contributed by atoms with van der Waals surface area (Å²) in [6.07, 6.45) is 2.71. The van der Waals surface area contributed by atoms with Gasteiger partial charge in [0, 0.05) is 24.2 Å². The van der Waals surface area contributed by atoms with E-state index in [4.69, 9.17) is 11.6 Å². The molecule has 0 aromatic heterocycles. The average Bonchev–Trinajstić information content (AvgIpc) is 2.48. The second kappa shape index (κ2) is 6.95. The molecule has 1 N–H and O–H groups in total. The van der Waals surface area contributed by atoms with E-state index in [-0.39, 0.29) is 28.5 Å². The molecule has 1 fully saturated rings. The monoisotopic (exact) mass is 339 g/mol. The van der Waals surface area contributed by atoms with Crippen LogP contribution in [0.2, 0.25) is 5.02 Å². The minimum atomic E-state index is -0.840. The van der Waals surface area contributed by atoms with Gasteiger partial charge in [-0.15, -0.1) is 0 Å². The molecule has 0 saturated carbocycles. The normalized spacial score (nSPS) is 20.9. The number of anilines is 1. The van der Waals surface area contributed by atoms with Crippen molar-refractivity contribution in [1.82, 2.24) is 4.90 Å². The first-order chi connectivity index (χ1) is 10.8. The van der Waals surface area contributed by atoms with E-state index in [1.165, 1.54) is 12.1 Å². The Morgan fingerprint density at radius 1 is 1.30 bits per heavy atom. The summed E-state index contributed by atoms with van der Waals surface area (Å²) >= 11 is 5.93. The lowest BCUT2D eigenvalue weighted by Crippen LogP contribution is -2.51. The van der Waals surface area contributed by atoms with Crippen LogP contribution in [0, 0.1) is 10.1 Å². The Morgan fingerprint density at radius 2 is 1.91 bits per heavy atom. The summed E-state index contributed by atoms with van der Waals surface area (Å²) in [6.45, 7) is 3.81. The first-order valence-electron chi connectivity index (χ1n) is 7.39. The highest BCUT2D eigenvalue weighted by Crippen LogP contribution is 2.27. The summed E-state index contributed by atoms with van der Waals surface area (Å²) in [4.78, 5) is 36.4. The lowest BCUT2D eigenvalue weighted by Gasteiger charge is -2.38. The molecule has 2 atom stereocenters. The van der Waals surface area contributed by atoms with Gasteiger partial charge in [-0.3, -0.25) is 19.7 Å². The number of carbonyl (C=O) groups excluding carboxylic acids is 2. The van der Waals surface area contributed by atoms with Gasteiger partial charge in [-0.2, -0.15) is 0 Å². The number of nitrogens with zero attached hydrogens (tertiary/aromatic N) is 2. The third-order valence-corrected chi connectivity index (χ3v) is 4.36. The van der Waals surface area contributed by atoms with Gasteiger partial charge in [0.25, 0.3) is 5.69 Å². The predicted octanol–water partition coefficient (Wildman–Crippen LogP) is 2.98. The van der Waals surface area contributed by atoms with Crippen LogP contribution in [0.15, 0.2) is 18.2 Å². The number of piperidine rings is 1. The van der Waals surface area contributed by atoms with Crippen molar-refractivity contribution in [2.75, 3.05) is 5.32 Å². The molecule has 0 aliphatic carbocycles. The lowest BCUT2D eigenvalue weighted by molar-refractivity contribution is -0.384. The fourth-order valence-electron chi connectivity index (χ4n) is 2.84. The zero-order chi connectivity index (χ0) is 17.1. The standard InChI is InChI=1S/C15H18ClN3O4/c1-9-4-3-5-10(2)18(9)15(21)14(20)17-13-8-11(19(22)23)6-7-12(13)16/h6-10H,3-5H2,1-2H3,(H,17,20). The minimum absolute atomic E-state index is 0.0161. The highest BCUT2D eigenvalue weighted by Gasteiger charge is 2.33. The Morgan fingerprint density at radius 3 is 2.48 bits per heavy atom. The molecule has 0 spiro atoms. The molecule has 124 valence electrons. The number of hydrogen-bond acceptors (Lipinski definition) is 4. The highest BCUT2D eigenvalue weighted by atomic mass is 35.5. The molecule has 23 heavy (non-hydrogen) atoms. The van der Waals surface area contributed by atoms with E-state index in [1.807, 2.05) is 13.8 Å². The maximum Gasteiger partial charge on any atom is 0.313 e. The van der Waals surface area contributed by atoms with Crippen LogP contribution in [0.1, 0.15) is 33.1 Å². The predicted molar refractivity (Wildman–Crippen MR) is 86.4 cm³/mol. The molecule has 1 aliphatic rings. The van der Waals surface area contributed by atoms with Crippen LogP contribution < -0.4 is 5.32 Å². The van der Waals surface area contributed by atoms with Gasteiger partial charge in [-0.05, 0) is 39.2 Å². The van der Waals surface area contributed by atoms with Crippen LogP contribution >= 0.6 is 11.6 Å². The Labute approximate surface area is 138 Å². The van der Waals surface area contributed by atoms with Crippen molar-refractivity contribution in [2.24, 2.45) is 0 Å². The maximum atomic E-state index is 12.4. The number of hydrogen-bond donors (Lipinski definition) is 1. The van der Waals surface area contributed by atoms with Crippen LogP contribution in [0.5, 0.6) is 0 Å². The van der Waals surface area contributed by atoms with E-state index in [9.17, 15) is 19.7 Å². The fraction of sp³-hybridized carbons (Fsp3) is 0.467. The van der Waals surface area contributed by atoms with Crippen LogP contribution in [0.3, 0.4) is 0 Å². The molecule has 2 unspecified atom stereocenters. The molecule has 1 aromatic carbocycles. The number of nitro benzene ring substituents is 1. The molecule has 2 rings (SSSR count). The van der Waals surface area contributed by atoms with Gasteiger partial charge in [0.15, 0.2) is 0 Å². The Kier molecular flexibility index (Phi) is 5.20. The van der Waals surface area contributed by atoms with Crippen molar-refractivity contribution in [3.05, 3.63) is 33.3 Å². The van der Waals surface area contributed by atoms with Gasteiger partial charge < -0.3 is 10.2 Å². The van der Waals surface area contributed by atoms with Gasteiger partial charge in [-0.25, -0.2) is 0 Å². The van der Waals surface area contributed by atoms with E-state index in [2.05, 4.69) is 5.32 Å². The molecule has 1 heterocycles. The first kappa shape index (κ1) is 17.2. The van der Waals surface area contributed by atoms with Crippen LogP contribution in [-0.4, -0.2) is 33.7 Å². The summed E-state index contributed by atoms with van der Waals surface area (Å²) in [5.41, 5.74) is -0.159. The smallest absolute Gasteiger partial charge is 0.313 e. The third kappa shape index (κ3) is 3.79.